The van der Waals surface area contributed by atoms with E-state index in [2.05, 4.69) is 0 Å². The molecule has 0 heterocycles. The van der Waals surface area contributed by atoms with E-state index in [4.69, 9.17) is 20.1 Å². The van der Waals surface area contributed by atoms with Gasteiger partial charge in [-0.05, 0) is 0 Å². The summed E-state index contributed by atoms with van der Waals surface area (Å²) in [6.07, 6.45) is 0. The SMILES string of the molecule is O=[C]=[Mn]=[C]=O.[N-]=O.c1cc[cH-]c1. The Morgan fingerprint density at radius 3 is 1.58 bits per heavy atom. The Balaban J connectivity index is 0. The van der Waals surface area contributed by atoms with Gasteiger partial charge in [0.2, 0.25) is 0 Å². The summed E-state index contributed by atoms with van der Waals surface area (Å²) in [6, 6.07) is 10.0. The maximum atomic E-state index is 9.03. The molecule has 0 aliphatic heterocycles. The molecule has 0 N–H and O–H groups in total. The van der Waals surface area contributed by atoms with Gasteiger partial charge in [-0.1, -0.05) is 0 Å². The average Bonchev–Trinajstić information content (AvgIpc) is 2.67. The van der Waals surface area contributed by atoms with Crippen molar-refractivity contribution >= 4 is 9.57 Å². The van der Waals surface area contributed by atoms with Crippen LogP contribution in [0.5, 0.6) is 0 Å². The second-order valence-corrected chi connectivity index (χ2v) is 1.99. The molecule has 0 amide bonds. The van der Waals surface area contributed by atoms with Crippen LogP contribution in [0.1, 0.15) is 0 Å². The third-order valence-corrected chi connectivity index (χ3v) is 0.874. The number of rotatable bonds is 0. The number of nitroso groups, excluding NO2 is 1. The molecule has 65 valence electrons. The Morgan fingerprint density at radius 2 is 1.50 bits per heavy atom. The minimum Gasteiger partial charge on any atom is -0.577 e. The van der Waals surface area contributed by atoms with Crippen LogP contribution in [-0.2, 0) is 23.7 Å². The van der Waals surface area contributed by atoms with Gasteiger partial charge in [-0.3, -0.25) is 0 Å². The maximum absolute atomic E-state index is 9.03. The second kappa shape index (κ2) is 16.3. The Labute approximate surface area is 74.6 Å². The minimum atomic E-state index is -0.438. The predicted octanol–water partition coefficient (Wildman–Crippen LogP) is 0.931. The van der Waals surface area contributed by atoms with Crippen LogP contribution in [0.2, 0.25) is 0 Å². The zero-order chi connectivity index (χ0) is 9.66. The maximum Gasteiger partial charge on any atom is -0.172 e. The topological polar surface area (TPSA) is 73.5 Å². The molecule has 0 aliphatic rings. The third kappa shape index (κ3) is 15.9. The molecular weight excluding hydrogens is 201 g/mol. The standard InChI is InChI=1S/C5H5.2CO.Mn.NO/c1-2-4-5-3-1;2*1-2;;1-2/h1-5H;;;;/q-1;;;;-1. The van der Waals surface area contributed by atoms with Crippen molar-refractivity contribution in [2.75, 3.05) is 0 Å². The van der Waals surface area contributed by atoms with Crippen LogP contribution in [0.3, 0.4) is 0 Å². The molecule has 0 spiro atoms. The number of nitrogens with zero attached hydrogens (tertiary/aromatic N) is 1. The largest absolute Gasteiger partial charge is 0.577 e. The van der Waals surface area contributed by atoms with Gasteiger partial charge in [0.15, 0.2) is 0 Å². The van der Waals surface area contributed by atoms with E-state index in [1.807, 2.05) is 30.3 Å². The van der Waals surface area contributed by atoms with Crippen LogP contribution in [0, 0.1) is 4.91 Å². The second-order valence-electron chi connectivity index (χ2n) is 1.21. The molecule has 0 fully saturated rings. The zero-order valence-electron chi connectivity index (χ0n) is 5.94. The molecule has 5 heteroatoms. The zero-order valence-corrected chi connectivity index (χ0v) is 7.12. The fourth-order valence-electron chi connectivity index (χ4n) is 0.336. The fraction of sp³-hybridized carbons (Fsp3) is 0. The van der Waals surface area contributed by atoms with E-state index in [1.165, 1.54) is 9.57 Å². The smallest absolute Gasteiger partial charge is 0.172 e. The summed E-state index contributed by atoms with van der Waals surface area (Å²) in [5, 5.41) is 0. The van der Waals surface area contributed by atoms with Gasteiger partial charge in [0.05, 0.1) is 0 Å². The summed E-state index contributed by atoms with van der Waals surface area (Å²) in [5.74, 6) is 0. The summed E-state index contributed by atoms with van der Waals surface area (Å²) in [7, 11) is 0. The van der Waals surface area contributed by atoms with Gasteiger partial charge in [0, 0.05) is 0 Å². The molecule has 0 saturated heterocycles. The van der Waals surface area contributed by atoms with Gasteiger partial charge in [0.1, 0.15) is 0 Å². The third-order valence-electron chi connectivity index (χ3n) is 0.633. The summed E-state index contributed by atoms with van der Waals surface area (Å²) in [6.45, 7) is 0. The van der Waals surface area contributed by atoms with E-state index >= 15 is 0 Å². The first kappa shape index (κ1) is 13.2. The van der Waals surface area contributed by atoms with Crippen molar-refractivity contribution in [3.05, 3.63) is 40.8 Å². The fourth-order valence-corrected chi connectivity index (χ4v) is 0.386. The number of hydrogen-bond acceptors (Lipinski definition) is 3. The van der Waals surface area contributed by atoms with Crippen LogP contribution in [0.25, 0.3) is 5.59 Å². The Kier molecular flexibility index (Phi) is 18.0. The van der Waals surface area contributed by atoms with Gasteiger partial charge in [0.25, 0.3) is 0 Å². The van der Waals surface area contributed by atoms with Crippen molar-refractivity contribution in [1.82, 2.24) is 0 Å². The molecule has 12 heavy (non-hydrogen) atoms. The quantitative estimate of drug-likeness (QED) is 0.468. The van der Waals surface area contributed by atoms with Crippen molar-refractivity contribution in [2.24, 2.45) is 0 Å². The van der Waals surface area contributed by atoms with E-state index in [-0.39, 0.29) is 0 Å². The van der Waals surface area contributed by atoms with Gasteiger partial charge in [-0.15, -0.1) is 0 Å². The van der Waals surface area contributed by atoms with Gasteiger partial charge in [-0.2, -0.15) is 18.2 Å². The Bertz CT molecular complexity index is 238. The van der Waals surface area contributed by atoms with Crippen LogP contribution in [0.4, 0.5) is 0 Å². The van der Waals surface area contributed by atoms with Gasteiger partial charge in [-0.25, -0.2) is 12.1 Å². The molecule has 0 aliphatic carbocycles. The first-order valence-electron chi connectivity index (χ1n) is 2.64. The van der Waals surface area contributed by atoms with Crippen molar-refractivity contribution in [3.8, 4) is 0 Å². The van der Waals surface area contributed by atoms with E-state index in [0.29, 0.717) is 0 Å². The van der Waals surface area contributed by atoms with Crippen molar-refractivity contribution in [1.29, 1.82) is 0 Å². The van der Waals surface area contributed by atoms with Crippen LogP contribution < -0.4 is 0 Å². The molecule has 1 aromatic rings. The predicted molar refractivity (Wildman–Crippen MR) is 40.1 cm³/mol. The normalized spacial score (nSPS) is 5.33. The molecule has 1 rings (SSSR count). The molecule has 0 radical (unpaired) electrons. The first-order valence-corrected chi connectivity index (χ1v) is 3.82. The van der Waals surface area contributed by atoms with E-state index in [0.717, 1.165) is 0 Å². The van der Waals surface area contributed by atoms with Crippen molar-refractivity contribution < 1.29 is 23.7 Å². The van der Waals surface area contributed by atoms with E-state index in [1.54, 1.807) is 0 Å². The van der Waals surface area contributed by atoms with Gasteiger partial charge >= 0.3 is 33.2 Å². The molecule has 0 saturated carbocycles. The minimum absolute atomic E-state index is 0.438. The van der Waals surface area contributed by atoms with Crippen LogP contribution in [-0.4, -0.2) is 9.57 Å². The van der Waals surface area contributed by atoms with E-state index < -0.39 is 14.1 Å². The molecule has 1 aromatic carbocycles. The molecule has 0 bridgehead atoms. The Hall–Kier alpha value is -1.37. The molecule has 0 atom stereocenters. The molecule has 0 unspecified atom stereocenters. The molecule has 0 aromatic heterocycles. The Morgan fingerprint density at radius 1 is 1.08 bits per heavy atom. The van der Waals surface area contributed by atoms with Crippen LogP contribution >= 0.6 is 0 Å². The molecule has 4 nitrogen and oxygen atoms in total. The van der Waals surface area contributed by atoms with Gasteiger partial charge < -0.3 is 10.5 Å². The number of hydrogen-bond donors (Lipinski definition) is 0. The summed E-state index contributed by atoms with van der Waals surface area (Å²) in [5.41, 5.74) is 5.75. The summed E-state index contributed by atoms with van der Waals surface area (Å²) < 4.78 is 0. The first-order chi connectivity index (χ1) is 5.91. The average molecular weight is 206 g/mol. The van der Waals surface area contributed by atoms with Crippen molar-refractivity contribution in [3.63, 3.8) is 0 Å². The molecular formula is C7H5MnNO3-2. The monoisotopic (exact) mass is 206 g/mol. The number of carbonyl (C=O) groups excluding carboxylic acids is 2. The van der Waals surface area contributed by atoms with E-state index in [9.17, 15) is 0 Å². The summed E-state index contributed by atoms with van der Waals surface area (Å²) >= 11 is -0.438. The van der Waals surface area contributed by atoms with Crippen LogP contribution in [0.15, 0.2) is 30.3 Å². The van der Waals surface area contributed by atoms with Crippen molar-refractivity contribution in [2.45, 2.75) is 0 Å². The summed E-state index contributed by atoms with van der Waals surface area (Å²) in [4.78, 5) is 28.1.